The van der Waals surface area contributed by atoms with Gasteiger partial charge in [-0.15, -0.1) is 0 Å². The molecule has 0 saturated heterocycles. The fourth-order valence-electron chi connectivity index (χ4n) is 2.35. The molecule has 4 nitrogen and oxygen atoms in total. The minimum absolute atomic E-state index is 0.103. The number of hydrogen-bond acceptors (Lipinski definition) is 3. The van der Waals surface area contributed by atoms with Crippen molar-refractivity contribution in [3.05, 3.63) is 59.7 Å². The van der Waals surface area contributed by atoms with Gasteiger partial charge in [0.1, 0.15) is 0 Å². The van der Waals surface area contributed by atoms with Crippen LogP contribution in [0.5, 0.6) is 0 Å². The number of aliphatic hydroxyl groups excluding tert-OH is 1. The number of amides is 1. The van der Waals surface area contributed by atoms with E-state index in [0.29, 0.717) is 17.7 Å². The lowest BCUT2D eigenvalue weighted by Crippen LogP contribution is -2.24. The van der Waals surface area contributed by atoms with Gasteiger partial charge in [-0.2, -0.15) is 5.26 Å². The Labute approximate surface area is 136 Å². The number of rotatable bonds is 7. The zero-order chi connectivity index (χ0) is 16.5. The van der Waals surface area contributed by atoms with Gasteiger partial charge in [-0.3, -0.25) is 4.79 Å². The molecule has 0 bridgehead atoms. The number of aliphatic hydroxyl groups is 1. The van der Waals surface area contributed by atoms with Crippen LogP contribution in [0.25, 0.3) is 11.1 Å². The van der Waals surface area contributed by atoms with E-state index in [1.807, 2.05) is 30.3 Å². The topological polar surface area (TPSA) is 73.1 Å². The van der Waals surface area contributed by atoms with Crippen molar-refractivity contribution < 1.29 is 9.90 Å². The second kappa shape index (κ2) is 8.72. The summed E-state index contributed by atoms with van der Waals surface area (Å²) in [5.74, 6) is -0.103. The molecule has 0 aliphatic carbocycles. The molecule has 0 saturated carbocycles. The zero-order valence-electron chi connectivity index (χ0n) is 13.0. The van der Waals surface area contributed by atoms with Gasteiger partial charge in [0, 0.05) is 18.7 Å². The minimum atomic E-state index is -0.103. The van der Waals surface area contributed by atoms with Crippen LogP contribution in [-0.4, -0.2) is 24.2 Å². The fourth-order valence-corrected chi connectivity index (χ4v) is 2.35. The zero-order valence-corrected chi connectivity index (χ0v) is 13.0. The van der Waals surface area contributed by atoms with Crippen molar-refractivity contribution in [2.45, 2.75) is 19.3 Å². The van der Waals surface area contributed by atoms with Crippen molar-refractivity contribution in [3.63, 3.8) is 0 Å². The van der Waals surface area contributed by atoms with Crippen LogP contribution in [0, 0.1) is 11.3 Å². The number of unbranched alkanes of at least 4 members (excludes halogenated alkanes) is 2. The maximum absolute atomic E-state index is 12.0. The van der Waals surface area contributed by atoms with E-state index < -0.39 is 0 Å². The summed E-state index contributed by atoms with van der Waals surface area (Å²) in [5.41, 5.74) is 3.01. The maximum Gasteiger partial charge on any atom is 0.251 e. The average Bonchev–Trinajstić information content (AvgIpc) is 2.61. The number of nitrogens with one attached hydrogen (secondary N) is 1. The van der Waals surface area contributed by atoms with E-state index >= 15 is 0 Å². The first-order valence-electron chi connectivity index (χ1n) is 7.75. The molecule has 2 aromatic carbocycles. The first-order valence-corrected chi connectivity index (χ1v) is 7.75. The quantitative estimate of drug-likeness (QED) is 0.772. The van der Waals surface area contributed by atoms with Gasteiger partial charge in [-0.1, -0.05) is 30.3 Å². The molecular weight excluding hydrogens is 288 g/mol. The smallest absolute Gasteiger partial charge is 0.251 e. The Bertz CT molecular complexity index is 687. The number of nitrogens with zero attached hydrogens (tertiary/aromatic N) is 1. The molecule has 2 aromatic rings. The highest BCUT2D eigenvalue weighted by atomic mass is 16.2. The molecule has 0 aliphatic rings. The van der Waals surface area contributed by atoms with Crippen LogP contribution in [0.15, 0.2) is 48.5 Å². The van der Waals surface area contributed by atoms with Crippen molar-refractivity contribution in [3.8, 4) is 17.2 Å². The summed E-state index contributed by atoms with van der Waals surface area (Å²) in [5, 5.41) is 20.7. The van der Waals surface area contributed by atoms with Crippen molar-refractivity contribution in [1.29, 1.82) is 5.26 Å². The molecule has 0 spiro atoms. The van der Waals surface area contributed by atoms with Gasteiger partial charge >= 0.3 is 0 Å². The summed E-state index contributed by atoms with van der Waals surface area (Å²) in [7, 11) is 0. The molecule has 23 heavy (non-hydrogen) atoms. The van der Waals surface area contributed by atoms with Gasteiger partial charge in [0.2, 0.25) is 0 Å². The lowest BCUT2D eigenvalue weighted by atomic mass is 9.99. The highest BCUT2D eigenvalue weighted by Gasteiger charge is 2.07. The van der Waals surface area contributed by atoms with E-state index in [1.54, 1.807) is 18.2 Å². The molecule has 2 N–H and O–H groups in total. The largest absolute Gasteiger partial charge is 0.396 e. The van der Waals surface area contributed by atoms with Crippen molar-refractivity contribution in [1.82, 2.24) is 5.32 Å². The van der Waals surface area contributed by atoms with Crippen LogP contribution < -0.4 is 5.32 Å². The summed E-state index contributed by atoms with van der Waals surface area (Å²) in [4.78, 5) is 12.0. The van der Waals surface area contributed by atoms with E-state index in [1.165, 1.54) is 0 Å². The van der Waals surface area contributed by atoms with Gasteiger partial charge in [0.15, 0.2) is 0 Å². The molecule has 2 rings (SSSR count). The summed E-state index contributed by atoms with van der Waals surface area (Å²) in [6.07, 6.45) is 2.53. The Morgan fingerprint density at radius 1 is 1.04 bits per heavy atom. The van der Waals surface area contributed by atoms with Gasteiger partial charge in [0.25, 0.3) is 5.91 Å². The van der Waals surface area contributed by atoms with Crippen LogP contribution in [0.3, 0.4) is 0 Å². The van der Waals surface area contributed by atoms with E-state index in [-0.39, 0.29) is 12.5 Å². The van der Waals surface area contributed by atoms with Crippen molar-refractivity contribution in [2.75, 3.05) is 13.2 Å². The Morgan fingerprint density at radius 3 is 2.48 bits per heavy atom. The van der Waals surface area contributed by atoms with Gasteiger partial charge in [0.05, 0.1) is 11.6 Å². The number of hydrogen-bond donors (Lipinski definition) is 2. The number of carbonyl (C=O) groups excluding carboxylic acids is 1. The van der Waals surface area contributed by atoms with Crippen molar-refractivity contribution >= 4 is 5.91 Å². The molecule has 0 unspecified atom stereocenters. The highest BCUT2D eigenvalue weighted by molar-refractivity contribution is 5.94. The third-order valence-corrected chi connectivity index (χ3v) is 3.63. The van der Waals surface area contributed by atoms with Crippen LogP contribution in [0.1, 0.15) is 35.2 Å². The standard InChI is InChI=1S/C19H20N2O2/c20-14-17-6-2-3-7-18(17)15-8-10-16(11-9-15)19(23)21-12-4-1-5-13-22/h2-3,6-11,22H,1,4-5,12-13H2,(H,21,23). The Kier molecular flexibility index (Phi) is 6.34. The molecule has 0 heterocycles. The third kappa shape index (κ3) is 4.67. The molecule has 4 heteroatoms. The first kappa shape index (κ1) is 16.7. The number of nitriles is 1. The predicted octanol–water partition coefficient (Wildman–Crippen LogP) is 3.12. The Morgan fingerprint density at radius 2 is 1.78 bits per heavy atom. The number of carbonyl (C=O) groups is 1. The average molecular weight is 308 g/mol. The highest BCUT2D eigenvalue weighted by Crippen LogP contribution is 2.23. The first-order chi connectivity index (χ1) is 11.3. The van der Waals surface area contributed by atoms with Gasteiger partial charge in [-0.05, 0) is 48.6 Å². The summed E-state index contributed by atoms with van der Waals surface area (Å²) in [6, 6.07) is 16.8. The van der Waals surface area contributed by atoms with Gasteiger partial charge in [-0.25, -0.2) is 0 Å². The molecule has 0 radical (unpaired) electrons. The van der Waals surface area contributed by atoms with E-state index in [4.69, 9.17) is 10.4 Å². The minimum Gasteiger partial charge on any atom is -0.396 e. The van der Waals surface area contributed by atoms with Crippen LogP contribution in [-0.2, 0) is 0 Å². The van der Waals surface area contributed by atoms with Crippen LogP contribution in [0.2, 0.25) is 0 Å². The normalized spacial score (nSPS) is 10.1. The molecule has 0 fully saturated rings. The number of benzene rings is 2. The van der Waals surface area contributed by atoms with Crippen LogP contribution in [0.4, 0.5) is 0 Å². The second-order valence-corrected chi connectivity index (χ2v) is 5.27. The molecule has 0 aliphatic heterocycles. The summed E-state index contributed by atoms with van der Waals surface area (Å²) >= 11 is 0. The monoisotopic (exact) mass is 308 g/mol. The second-order valence-electron chi connectivity index (χ2n) is 5.27. The van der Waals surface area contributed by atoms with E-state index in [2.05, 4.69) is 11.4 Å². The van der Waals surface area contributed by atoms with Gasteiger partial charge < -0.3 is 10.4 Å². The SMILES string of the molecule is N#Cc1ccccc1-c1ccc(C(=O)NCCCCCO)cc1. The maximum atomic E-state index is 12.0. The summed E-state index contributed by atoms with van der Waals surface area (Å²) < 4.78 is 0. The Hall–Kier alpha value is -2.64. The third-order valence-electron chi connectivity index (χ3n) is 3.63. The Balaban J connectivity index is 1.99. The molecule has 0 aromatic heterocycles. The van der Waals surface area contributed by atoms with Crippen LogP contribution >= 0.6 is 0 Å². The predicted molar refractivity (Wildman–Crippen MR) is 89.9 cm³/mol. The summed E-state index contributed by atoms with van der Waals surface area (Å²) in [6.45, 7) is 0.803. The lowest BCUT2D eigenvalue weighted by Gasteiger charge is -2.07. The lowest BCUT2D eigenvalue weighted by molar-refractivity contribution is 0.0953. The molecule has 1 amide bonds. The van der Waals surface area contributed by atoms with Crippen molar-refractivity contribution in [2.24, 2.45) is 0 Å². The van der Waals surface area contributed by atoms with E-state index in [0.717, 1.165) is 30.4 Å². The molecule has 0 atom stereocenters. The fraction of sp³-hybridized carbons (Fsp3) is 0.263. The van der Waals surface area contributed by atoms with E-state index in [9.17, 15) is 4.79 Å². The molecule has 118 valence electrons. The molecular formula is C19H20N2O2.